The molecule has 0 saturated carbocycles. The summed E-state index contributed by atoms with van der Waals surface area (Å²) in [5.74, 6) is -0.955. The van der Waals surface area contributed by atoms with Gasteiger partial charge in [0.2, 0.25) is 5.91 Å². The Kier molecular flexibility index (Phi) is 3.78. The van der Waals surface area contributed by atoms with Gasteiger partial charge in [-0.1, -0.05) is 0 Å². The Labute approximate surface area is 116 Å². The number of nitrogens with one attached hydrogen (secondary N) is 1. The van der Waals surface area contributed by atoms with Crippen molar-refractivity contribution in [3.63, 3.8) is 0 Å². The van der Waals surface area contributed by atoms with Crippen molar-refractivity contribution < 1.29 is 14.4 Å². The molecule has 1 aromatic heterocycles. The molecule has 1 atom stereocenters. The van der Waals surface area contributed by atoms with Crippen LogP contribution in [0.4, 0.5) is 5.69 Å². The average molecular weight is 278 g/mol. The van der Waals surface area contributed by atoms with Crippen molar-refractivity contribution in [1.29, 1.82) is 0 Å². The monoisotopic (exact) mass is 278 g/mol. The van der Waals surface area contributed by atoms with Crippen LogP contribution in [0.25, 0.3) is 0 Å². The van der Waals surface area contributed by atoms with Gasteiger partial charge >= 0.3 is 0 Å². The maximum absolute atomic E-state index is 12.2. The zero-order valence-corrected chi connectivity index (χ0v) is 11.5. The van der Waals surface area contributed by atoms with Crippen LogP contribution in [0.15, 0.2) is 12.3 Å². The van der Waals surface area contributed by atoms with E-state index in [-0.39, 0.29) is 24.1 Å². The van der Waals surface area contributed by atoms with Gasteiger partial charge in [-0.25, -0.2) is 0 Å². The van der Waals surface area contributed by atoms with Crippen LogP contribution in [0.5, 0.6) is 0 Å². The lowest BCUT2D eigenvalue weighted by Crippen LogP contribution is -2.53. The highest BCUT2D eigenvalue weighted by Gasteiger charge is 2.33. The number of carbonyl (C=O) groups is 3. The number of hydrogen-bond acceptors (Lipinski definition) is 4. The summed E-state index contributed by atoms with van der Waals surface area (Å²) in [7, 11) is 1.43. The topological polar surface area (TPSA) is 97.4 Å². The van der Waals surface area contributed by atoms with Crippen LogP contribution in [0.1, 0.15) is 30.3 Å². The third kappa shape index (κ3) is 2.52. The third-order valence-corrected chi connectivity index (χ3v) is 3.45. The van der Waals surface area contributed by atoms with Crippen molar-refractivity contribution in [3.05, 3.63) is 18.0 Å². The summed E-state index contributed by atoms with van der Waals surface area (Å²) < 4.78 is 1.72. The summed E-state index contributed by atoms with van der Waals surface area (Å²) in [5, 5.41) is 2.67. The quantitative estimate of drug-likeness (QED) is 0.758. The van der Waals surface area contributed by atoms with Crippen LogP contribution in [0, 0.1) is 0 Å². The number of anilines is 1. The first kappa shape index (κ1) is 14.1. The number of aromatic nitrogens is 1. The highest BCUT2D eigenvalue weighted by Crippen LogP contribution is 2.14. The van der Waals surface area contributed by atoms with Gasteiger partial charge in [-0.2, -0.15) is 0 Å². The molecule has 0 spiro atoms. The van der Waals surface area contributed by atoms with Gasteiger partial charge in [0.15, 0.2) is 0 Å². The van der Waals surface area contributed by atoms with E-state index in [1.54, 1.807) is 16.8 Å². The zero-order chi connectivity index (χ0) is 14.9. The number of aryl methyl sites for hydroxylation is 1. The highest BCUT2D eigenvalue weighted by atomic mass is 16.2. The molecule has 0 aromatic carbocycles. The summed E-state index contributed by atoms with van der Waals surface area (Å²) in [4.78, 5) is 36.6. The molecule has 2 heterocycles. The zero-order valence-electron chi connectivity index (χ0n) is 11.5. The number of nitrogen functional groups attached to an aromatic ring is 1. The van der Waals surface area contributed by atoms with Gasteiger partial charge in [0, 0.05) is 26.2 Å². The first-order chi connectivity index (χ1) is 9.43. The molecular formula is C13H18N4O3. The predicted molar refractivity (Wildman–Crippen MR) is 72.8 cm³/mol. The number of imide groups is 1. The van der Waals surface area contributed by atoms with Crippen molar-refractivity contribution >= 4 is 23.4 Å². The van der Waals surface area contributed by atoms with Crippen molar-refractivity contribution in [2.24, 2.45) is 0 Å². The van der Waals surface area contributed by atoms with Crippen LogP contribution >= 0.6 is 0 Å². The largest absolute Gasteiger partial charge is 0.397 e. The van der Waals surface area contributed by atoms with Gasteiger partial charge in [-0.3, -0.25) is 19.3 Å². The SMILES string of the molecule is CCn1cc(N)cc1C(=O)NC1CCC(=O)N(C)C1=O. The molecule has 1 unspecified atom stereocenters. The molecule has 1 fully saturated rings. The lowest BCUT2D eigenvalue weighted by molar-refractivity contribution is -0.147. The summed E-state index contributed by atoms with van der Waals surface area (Å²) in [6.07, 6.45) is 2.26. The fraction of sp³-hybridized carbons (Fsp3) is 0.462. The Bertz CT molecular complexity index is 564. The van der Waals surface area contributed by atoms with E-state index in [2.05, 4.69) is 5.32 Å². The van der Waals surface area contributed by atoms with E-state index in [0.29, 0.717) is 24.3 Å². The third-order valence-electron chi connectivity index (χ3n) is 3.45. The van der Waals surface area contributed by atoms with E-state index in [0.717, 1.165) is 4.90 Å². The number of piperidine rings is 1. The van der Waals surface area contributed by atoms with Gasteiger partial charge in [0.05, 0.1) is 5.69 Å². The first-order valence-corrected chi connectivity index (χ1v) is 6.51. The Morgan fingerprint density at radius 2 is 2.20 bits per heavy atom. The van der Waals surface area contributed by atoms with Crippen LogP contribution in [-0.2, 0) is 16.1 Å². The van der Waals surface area contributed by atoms with E-state index >= 15 is 0 Å². The summed E-state index contributed by atoms with van der Waals surface area (Å²) >= 11 is 0. The summed E-state index contributed by atoms with van der Waals surface area (Å²) in [6.45, 7) is 2.51. The summed E-state index contributed by atoms with van der Waals surface area (Å²) in [5.41, 5.74) is 6.59. The van der Waals surface area contributed by atoms with Crippen LogP contribution in [-0.4, -0.2) is 40.3 Å². The van der Waals surface area contributed by atoms with E-state index in [1.807, 2.05) is 6.92 Å². The molecule has 7 nitrogen and oxygen atoms in total. The van der Waals surface area contributed by atoms with Crippen molar-refractivity contribution in [3.8, 4) is 0 Å². The van der Waals surface area contributed by atoms with Gasteiger partial charge < -0.3 is 15.6 Å². The van der Waals surface area contributed by atoms with E-state index in [9.17, 15) is 14.4 Å². The Morgan fingerprint density at radius 1 is 1.50 bits per heavy atom. The highest BCUT2D eigenvalue weighted by molar-refractivity contribution is 6.03. The number of amides is 3. The van der Waals surface area contributed by atoms with Crippen molar-refractivity contribution in [2.45, 2.75) is 32.4 Å². The second kappa shape index (κ2) is 5.36. The van der Waals surface area contributed by atoms with Crippen LogP contribution < -0.4 is 11.1 Å². The Morgan fingerprint density at radius 3 is 2.85 bits per heavy atom. The fourth-order valence-electron chi connectivity index (χ4n) is 2.27. The normalized spacial score (nSPS) is 19.3. The Balaban J connectivity index is 2.11. The number of nitrogens with zero attached hydrogens (tertiary/aromatic N) is 2. The van der Waals surface area contributed by atoms with Crippen LogP contribution in [0.2, 0.25) is 0 Å². The van der Waals surface area contributed by atoms with E-state index in [4.69, 9.17) is 5.73 Å². The first-order valence-electron chi connectivity index (χ1n) is 6.51. The van der Waals surface area contributed by atoms with Gasteiger partial charge in [-0.05, 0) is 19.4 Å². The second-order valence-electron chi connectivity index (χ2n) is 4.80. The molecule has 3 N–H and O–H groups in total. The van der Waals surface area contributed by atoms with Gasteiger partial charge in [0.25, 0.3) is 11.8 Å². The molecular weight excluding hydrogens is 260 g/mol. The number of carbonyl (C=O) groups excluding carboxylic acids is 3. The minimum Gasteiger partial charge on any atom is -0.397 e. The van der Waals surface area contributed by atoms with Crippen molar-refractivity contribution in [1.82, 2.24) is 14.8 Å². The lowest BCUT2D eigenvalue weighted by Gasteiger charge is -2.28. The minimum atomic E-state index is -0.661. The fourth-order valence-corrected chi connectivity index (χ4v) is 2.27. The van der Waals surface area contributed by atoms with Gasteiger partial charge in [0.1, 0.15) is 11.7 Å². The van der Waals surface area contributed by atoms with E-state index in [1.165, 1.54) is 7.05 Å². The Hall–Kier alpha value is -2.31. The number of likely N-dealkylation sites (tertiary alicyclic amines) is 1. The number of hydrogen-bond donors (Lipinski definition) is 2. The number of likely N-dealkylation sites (N-methyl/N-ethyl adjacent to an activating group) is 1. The molecule has 1 aromatic rings. The smallest absolute Gasteiger partial charge is 0.268 e. The molecule has 7 heteroatoms. The molecule has 108 valence electrons. The van der Waals surface area contributed by atoms with E-state index < -0.39 is 6.04 Å². The molecule has 2 rings (SSSR count). The second-order valence-corrected chi connectivity index (χ2v) is 4.80. The minimum absolute atomic E-state index is 0.221. The maximum Gasteiger partial charge on any atom is 0.268 e. The molecule has 0 radical (unpaired) electrons. The molecule has 1 saturated heterocycles. The standard InChI is InChI=1S/C13H18N4O3/c1-3-17-7-8(14)6-10(17)12(19)15-9-4-5-11(18)16(2)13(9)20/h6-7,9H,3-5,14H2,1-2H3,(H,15,19). The predicted octanol–water partition coefficient (Wildman–Crippen LogP) is -0.0326. The molecule has 0 aliphatic carbocycles. The molecule has 20 heavy (non-hydrogen) atoms. The number of rotatable bonds is 3. The molecule has 0 bridgehead atoms. The molecule has 1 aliphatic rings. The number of nitrogens with two attached hydrogens (primary N) is 1. The van der Waals surface area contributed by atoms with Crippen LogP contribution in [0.3, 0.4) is 0 Å². The van der Waals surface area contributed by atoms with Crippen molar-refractivity contribution in [2.75, 3.05) is 12.8 Å². The van der Waals surface area contributed by atoms with Gasteiger partial charge in [-0.15, -0.1) is 0 Å². The summed E-state index contributed by atoms with van der Waals surface area (Å²) in [6, 6.07) is 0.910. The maximum atomic E-state index is 12.2. The lowest BCUT2D eigenvalue weighted by atomic mass is 10.0. The molecule has 1 aliphatic heterocycles. The molecule has 3 amide bonds. The average Bonchev–Trinajstić information content (AvgIpc) is 2.80.